The maximum Gasteiger partial charge on any atom is 0.159 e. The highest BCUT2D eigenvalue weighted by molar-refractivity contribution is 5.71. The summed E-state index contributed by atoms with van der Waals surface area (Å²) in [4.78, 5) is 9.19. The molecule has 2 aromatic rings. The molecule has 90 valence electrons. The van der Waals surface area contributed by atoms with Gasteiger partial charge < -0.3 is 9.88 Å². The van der Waals surface area contributed by atoms with E-state index in [2.05, 4.69) is 28.8 Å². The summed E-state index contributed by atoms with van der Waals surface area (Å²) >= 11 is 0. The molecule has 4 heteroatoms. The van der Waals surface area contributed by atoms with Crippen molar-refractivity contribution in [2.75, 3.05) is 13.1 Å². The molecule has 0 bridgehead atoms. The molecule has 0 aliphatic carbocycles. The zero-order chi connectivity index (χ0) is 11.9. The van der Waals surface area contributed by atoms with E-state index >= 15 is 0 Å². The van der Waals surface area contributed by atoms with Crippen LogP contribution in [0.1, 0.15) is 25.6 Å². The average molecular weight is 230 g/mol. The molecule has 0 unspecified atom stereocenters. The van der Waals surface area contributed by atoms with Gasteiger partial charge in [-0.2, -0.15) is 0 Å². The largest absolute Gasteiger partial charge is 0.317 e. The molecule has 3 rings (SSSR count). The molecule has 17 heavy (non-hydrogen) atoms. The second kappa shape index (κ2) is 3.81. The summed E-state index contributed by atoms with van der Waals surface area (Å²) in [6.07, 6.45) is 4.12. The molecule has 4 nitrogen and oxygen atoms in total. The van der Waals surface area contributed by atoms with Gasteiger partial charge in [0, 0.05) is 18.7 Å². The van der Waals surface area contributed by atoms with Crippen molar-refractivity contribution >= 4 is 11.2 Å². The van der Waals surface area contributed by atoms with Crippen molar-refractivity contribution in [3.8, 4) is 0 Å². The van der Waals surface area contributed by atoms with Crippen LogP contribution in [0.3, 0.4) is 0 Å². The lowest BCUT2D eigenvalue weighted by Crippen LogP contribution is -2.39. The van der Waals surface area contributed by atoms with Crippen LogP contribution >= 0.6 is 0 Å². The minimum absolute atomic E-state index is 0.181. The summed E-state index contributed by atoms with van der Waals surface area (Å²) in [6, 6.07) is 3.99. The van der Waals surface area contributed by atoms with Gasteiger partial charge in [0.25, 0.3) is 0 Å². The Morgan fingerprint density at radius 2 is 2.12 bits per heavy atom. The van der Waals surface area contributed by atoms with Crippen molar-refractivity contribution in [3.63, 3.8) is 0 Å². The highest BCUT2D eigenvalue weighted by Gasteiger charge is 2.33. The van der Waals surface area contributed by atoms with Crippen molar-refractivity contribution in [2.24, 2.45) is 7.05 Å². The Morgan fingerprint density at radius 1 is 1.35 bits per heavy atom. The molecule has 0 spiro atoms. The Morgan fingerprint density at radius 3 is 2.82 bits per heavy atom. The molecule has 0 radical (unpaired) electrons. The van der Waals surface area contributed by atoms with Gasteiger partial charge in [-0.05, 0) is 38.1 Å². The Bertz CT molecular complexity index is 537. The third-order valence-electron chi connectivity index (χ3n) is 3.87. The maximum absolute atomic E-state index is 4.78. The first-order chi connectivity index (χ1) is 8.21. The van der Waals surface area contributed by atoms with Gasteiger partial charge >= 0.3 is 0 Å². The minimum atomic E-state index is 0.181. The standard InChI is InChI=1S/C13H18N4/c1-13(5-8-14-9-6-13)12-16-10-4-3-7-15-11(10)17(12)2/h3-4,7,14H,5-6,8-9H2,1-2H3. The number of rotatable bonds is 1. The number of nitrogens with zero attached hydrogens (tertiary/aromatic N) is 3. The van der Waals surface area contributed by atoms with Gasteiger partial charge in [0.2, 0.25) is 0 Å². The predicted octanol–water partition coefficient (Wildman–Crippen LogP) is 1.61. The van der Waals surface area contributed by atoms with Crippen LogP contribution in [0, 0.1) is 0 Å². The zero-order valence-electron chi connectivity index (χ0n) is 10.4. The van der Waals surface area contributed by atoms with Crippen LogP contribution in [0.2, 0.25) is 0 Å². The van der Waals surface area contributed by atoms with Crippen molar-refractivity contribution < 1.29 is 0 Å². The first-order valence-electron chi connectivity index (χ1n) is 6.19. The van der Waals surface area contributed by atoms with E-state index in [4.69, 9.17) is 4.98 Å². The van der Waals surface area contributed by atoms with Crippen LogP contribution in [0.5, 0.6) is 0 Å². The molecular weight excluding hydrogens is 212 g/mol. The van der Waals surface area contributed by atoms with Crippen LogP contribution in [0.15, 0.2) is 18.3 Å². The highest BCUT2D eigenvalue weighted by Crippen LogP contribution is 2.33. The minimum Gasteiger partial charge on any atom is -0.317 e. The topological polar surface area (TPSA) is 42.7 Å². The van der Waals surface area contributed by atoms with Crippen LogP contribution in [0.25, 0.3) is 11.2 Å². The zero-order valence-corrected chi connectivity index (χ0v) is 10.4. The van der Waals surface area contributed by atoms with Crippen LogP contribution in [-0.2, 0) is 12.5 Å². The van der Waals surface area contributed by atoms with Gasteiger partial charge in [-0.1, -0.05) is 6.92 Å². The normalized spacial score (nSPS) is 19.6. The molecule has 0 amide bonds. The predicted molar refractivity (Wildman–Crippen MR) is 68.0 cm³/mol. The highest BCUT2D eigenvalue weighted by atomic mass is 15.1. The van der Waals surface area contributed by atoms with Gasteiger partial charge in [0.1, 0.15) is 11.3 Å². The number of aryl methyl sites for hydroxylation is 1. The van der Waals surface area contributed by atoms with Gasteiger partial charge in [-0.3, -0.25) is 0 Å². The average Bonchev–Trinajstić information content (AvgIpc) is 2.69. The molecule has 1 aliphatic heterocycles. The fraction of sp³-hybridized carbons (Fsp3) is 0.538. The second-order valence-corrected chi connectivity index (χ2v) is 5.15. The molecule has 2 aromatic heterocycles. The smallest absolute Gasteiger partial charge is 0.159 e. The maximum atomic E-state index is 4.78. The molecule has 1 fully saturated rings. The first kappa shape index (κ1) is 10.7. The van der Waals surface area contributed by atoms with E-state index in [-0.39, 0.29) is 5.41 Å². The van der Waals surface area contributed by atoms with E-state index in [1.807, 2.05) is 18.3 Å². The number of fused-ring (bicyclic) bond motifs is 1. The summed E-state index contributed by atoms with van der Waals surface area (Å²) in [5.41, 5.74) is 2.17. The van der Waals surface area contributed by atoms with E-state index in [1.54, 1.807) is 0 Å². The number of imidazole rings is 1. The lowest BCUT2D eigenvalue weighted by atomic mass is 9.80. The molecule has 0 aromatic carbocycles. The van der Waals surface area contributed by atoms with Gasteiger partial charge in [0.05, 0.1) is 0 Å². The lowest BCUT2D eigenvalue weighted by molar-refractivity contribution is 0.313. The van der Waals surface area contributed by atoms with Crippen LogP contribution in [-0.4, -0.2) is 27.6 Å². The summed E-state index contributed by atoms with van der Waals surface area (Å²) in [7, 11) is 2.07. The fourth-order valence-corrected chi connectivity index (χ4v) is 2.77. The Labute approximate surface area is 101 Å². The number of piperidine rings is 1. The molecule has 0 saturated carbocycles. The van der Waals surface area contributed by atoms with Crippen molar-refractivity contribution in [2.45, 2.75) is 25.2 Å². The fourth-order valence-electron chi connectivity index (χ4n) is 2.77. The number of aromatic nitrogens is 3. The van der Waals surface area contributed by atoms with Crippen molar-refractivity contribution in [3.05, 3.63) is 24.2 Å². The number of hydrogen-bond acceptors (Lipinski definition) is 3. The van der Waals surface area contributed by atoms with Gasteiger partial charge in [-0.15, -0.1) is 0 Å². The van der Waals surface area contributed by atoms with Crippen LogP contribution < -0.4 is 5.32 Å². The molecule has 1 saturated heterocycles. The molecule has 1 N–H and O–H groups in total. The van der Waals surface area contributed by atoms with E-state index in [0.717, 1.165) is 37.1 Å². The monoisotopic (exact) mass is 230 g/mol. The van der Waals surface area contributed by atoms with E-state index in [0.29, 0.717) is 0 Å². The SMILES string of the molecule is Cn1c(C2(C)CCNCC2)nc2cccnc21. The van der Waals surface area contributed by atoms with Gasteiger partial charge in [-0.25, -0.2) is 9.97 Å². The molecule has 1 aliphatic rings. The third kappa shape index (κ3) is 1.63. The second-order valence-electron chi connectivity index (χ2n) is 5.15. The summed E-state index contributed by atoms with van der Waals surface area (Å²) in [5, 5.41) is 3.41. The van der Waals surface area contributed by atoms with E-state index in [1.165, 1.54) is 5.82 Å². The first-order valence-corrected chi connectivity index (χ1v) is 6.19. The number of nitrogens with one attached hydrogen (secondary N) is 1. The van der Waals surface area contributed by atoms with Crippen molar-refractivity contribution in [1.29, 1.82) is 0 Å². The quantitative estimate of drug-likeness (QED) is 0.809. The van der Waals surface area contributed by atoms with Crippen LogP contribution in [0.4, 0.5) is 0 Å². The summed E-state index contributed by atoms with van der Waals surface area (Å²) < 4.78 is 2.15. The van der Waals surface area contributed by atoms with E-state index < -0.39 is 0 Å². The van der Waals surface area contributed by atoms with Crippen molar-refractivity contribution in [1.82, 2.24) is 19.9 Å². The molecule has 0 atom stereocenters. The summed E-state index contributed by atoms with van der Waals surface area (Å²) in [6.45, 7) is 4.47. The Hall–Kier alpha value is -1.42. The lowest BCUT2D eigenvalue weighted by Gasteiger charge is -2.33. The molecule has 3 heterocycles. The Balaban J connectivity index is 2.13. The van der Waals surface area contributed by atoms with E-state index in [9.17, 15) is 0 Å². The summed E-state index contributed by atoms with van der Waals surface area (Å²) in [5.74, 6) is 1.17. The Kier molecular flexibility index (Phi) is 2.40. The number of pyridine rings is 1. The molecular formula is C13H18N4. The van der Waals surface area contributed by atoms with Gasteiger partial charge in [0.15, 0.2) is 5.65 Å². The third-order valence-corrected chi connectivity index (χ3v) is 3.87. The number of hydrogen-bond donors (Lipinski definition) is 1.